The summed E-state index contributed by atoms with van der Waals surface area (Å²) in [5, 5.41) is 2.40. The van der Waals surface area contributed by atoms with Gasteiger partial charge in [-0.05, 0) is 50.1 Å². The van der Waals surface area contributed by atoms with E-state index in [1.807, 2.05) is 19.9 Å². The molecule has 1 amide bonds. The van der Waals surface area contributed by atoms with Gasteiger partial charge in [0.05, 0.1) is 11.3 Å². The quantitative estimate of drug-likeness (QED) is 0.877. The third kappa shape index (κ3) is 3.94. The summed E-state index contributed by atoms with van der Waals surface area (Å²) in [6.07, 6.45) is -1.04. The first kappa shape index (κ1) is 16.7. The standard InChI is InChI=1S/C18H18FNO3/c1-11-7-6-8-14(12(11)2)18(22)23-13(3)17(21)20-16-10-5-4-9-15(16)19/h4-10,13H,1-3H3,(H,20,21). The van der Waals surface area contributed by atoms with Crippen molar-refractivity contribution < 1.29 is 18.7 Å². The molecule has 2 rings (SSSR count). The Morgan fingerprint density at radius 1 is 1.09 bits per heavy atom. The number of amides is 1. The largest absolute Gasteiger partial charge is 0.449 e. The number of hydrogen-bond acceptors (Lipinski definition) is 3. The van der Waals surface area contributed by atoms with Gasteiger partial charge in [0, 0.05) is 0 Å². The third-order valence-corrected chi connectivity index (χ3v) is 3.61. The van der Waals surface area contributed by atoms with Crippen LogP contribution in [0.1, 0.15) is 28.4 Å². The summed E-state index contributed by atoms with van der Waals surface area (Å²) in [6.45, 7) is 5.15. The highest BCUT2D eigenvalue weighted by Crippen LogP contribution is 2.16. The van der Waals surface area contributed by atoms with Gasteiger partial charge in [-0.15, -0.1) is 0 Å². The summed E-state index contributed by atoms with van der Waals surface area (Å²) in [5.74, 6) is -1.72. The van der Waals surface area contributed by atoms with Crippen LogP contribution in [-0.4, -0.2) is 18.0 Å². The second-order valence-electron chi connectivity index (χ2n) is 5.26. The van der Waals surface area contributed by atoms with Gasteiger partial charge in [0.2, 0.25) is 0 Å². The monoisotopic (exact) mass is 315 g/mol. The maximum atomic E-state index is 13.5. The second-order valence-corrected chi connectivity index (χ2v) is 5.26. The van der Waals surface area contributed by atoms with Gasteiger partial charge in [-0.2, -0.15) is 0 Å². The molecule has 4 nitrogen and oxygen atoms in total. The molecule has 0 spiro atoms. The van der Waals surface area contributed by atoms with Crippen molar-refractivity contribution in [2.45, 2.75) is 26.9 Å². The number of rotatable bonds is 4. The number of nitrogens with one attached hydrogen (secondary N) is 1. The minimum Gasteiger partial charge on any atom is -0.449 e. The highest BCUT2D eigenvalue weighted by Gasteiger charge is 2.21. The number of esters is 1. The zero-order valence-electron chi connectivity index (χ0n) is 13.2. The summed E-state index contributed by atoms with van der Waals surface area (Å²) >= 11 is 0. The predicted molar refractivity (Wildman–Crippen MR) is 85.8 cm³/mol. The van der Waals surface area contributed by atoms with Crippen molar-refractivity contribution in [2.75, 3.05) is 5.32 Å². The van der Waals surface area contributed by atoms with Gasteiger partial charge < -0.3 is 10.1 Å². The van der Waals surface area contributed by atoms with Crippen LogP contribution in [0.25, 0.3) is 0 Å². The van der Waals surface area contributed by atoms with Gasteiger partial charge in [0.1, 0.15) is 5.82 Å². The zero-order chi connectivity index (χ0) is 17.0. The number of benzene rings is 2. The van der Waals surface area contributed by atoms with Crippen LogP contribution >= 0.6 is 0 Å². The number of anilines is 1. The number of para-hydroxylation sites is 1. The van der Waals surface area contributed by atoms with Crippen LogP contribution in [0.2, 0.25) is 0 Å². The molecule has 0 fully saturated rings. The lowest BCUT2D eigenvalue weighted by atomic mass is 10.0. The SMILES string of the molecule is Cc1cccc(C(=O)OC(C)C(=O)Nc2ccccc2F)c1C. The molecule has 5 heteroatoms. The second kappa shape index (κ2) is 7.05. The van der Waals surface area contributed by atoms with E-state index in [4.69, 9.17) is 4.74 Å². The van der Waals surface area contributed by atoms with Crippen molar-refractivity contribution >= 4 is 17.6 Å². The summed E-state index contributed by atoms with van der Waals surface area (Å²) in [5.41, 5.74) is 2.23. The van der Waals surface area contributed by atoms with Crippen molar-refractivity contribution in [1.82, 2.24) is 0 Å². The minimum atomic E-state index is -1.04. The number of hydrogen-bond donors (Lipinski definition) is 1. The van der Waals surface area contributed by atoms with Gasteiger partial charge in [0.25, 0.3) is 5.91 Å². The normalized spacial score (nSPS) is 11.7. The average molecular weight is 315 g/mol. The number of ether oxygens (including phenoxy) is 1. The summed E-state index contributed by atoms with van der Waals surface area (Å²) in [4.78, 5) is 24.2. The van der Waals surface area contributed by atoms with Crippen LogP contribution < -0.4 is 5.32 Å². The lowest BCUT2D eigenvalue weighted by molar-refractivity contribution is -0.123. The number of halogens is 1. The Kier molecular flexibility index (Phi) is 5.11. The highest BCUT2D eigenvalue weighted by molar-refractivity contribution is 5.98. The van der Waals surface area contributed by atoms with E-state index in [0.717, 1.165) is 11.1 Å². The van der Waals surface area contributed by atoms with Crippen LogP contribution in [0.4, 0.5) is 10.1 Å². The van der Waals surface area contributed by atoms with Gasteiger partial charge >= 0.3 is 5.97 Å². The molecule has 0 saturated heterocycles. The lowest BCUT2D eigenvalue weighted by Gasteiger charge is -2.15. The van der Waals surface area contributed by atoms with Crippen LogP contribution in [0.15, 0.2) is 42.5 Å². The van der Waals surface area contributed by atoms with Crippen molar-refractivity contribution in [2.24, 2.45) is 0 Å². The van der Waals surface area contributed by atoms with Crippen molar-refractivity contribution in [3.8, 4) is 0 Å². The molecule has 1 unspecified atom stereocenters. The molecule has 0 aliphatic heterocycles. The molecule has 0 bridgehead atoms. The molecule has 1 N–H and O–H groups in total. The Morgan fingerprint density at radius 2 is 1.78 bits per heavy atom. The number of carbonyl (C=O) groups excluding carboxylic acids is 2. The fourth-order valence-corrected chi connectivity index (χ4v) is 2.05. The summed E-state index contributed by atoms with van der Waals surface area (Å²) < 4.78 is 18.7. The Labute approximate surface area is 134 Å². The van der Waals surface area contributed by atoms with E-state index in [9.17, 15) is 14.0 Å². The van der Waals surface area contributed by atoms with Gasteiger partial charge in [-0.3, -0.25) is 4.79 Å². The first-order valence-corrected chi connectivity index (χ1v) is 7.22. The van der Waals surface area contributed by atoms with Gasteiger partial charge in [-0.25, -0.2) is 9.18 Å². The molecule has 23 heavy (non-hydrogen) atoms. The fourth-order valence-electron chi connectivity index (χ4n) is 2.05. The Balaban J connectivity index is 2.05. The van der Waals surface area contributed by atoms with Crippen LogP contribution in [0.5, 0.6) is 0 Å². The molecule has 0 saturated carbocycles. The van der Waals surface area contributed by atoms with E-state index in [-0.39, 0.29) is 5.69 Å². The number of aryl methyl sites for hydroxylation is 1. The summed E-state index contributed by atoms with van der Waals surface area (Å²) in [7, 11) is 0. The van der Waals surface area contributed by atoms with Crippen molar-refractivity contribution in [1.29, 1.82) is 0 Å². The Bertz CT molecular complexity index is 743. The van der Waals surface area contributed by atoms with E-state index < -0.39 is 23.8 Å². The van der Waals surface area contributed by atoms with Crippen molar-refractivity contribution in [3.63, 3.8) is 0 Å². The molecule has 1 atom stereocenters. The van der Waals surface area contributed by atoms with E-state index in [2.05, 4.69) is 5.32 Å². The summed E-state index contributed by atoms with van der Waals surface area (Å²) in [6, 6.07) is 11.1. The van der Waals surface area contributed by atoms with E-state index in [1.54, 1.807) is 18.2 Å². The fraction of sp³-hybridized carbons (Fsp3) is 0.222. The topological polar surface area (TPSA) is 55.4 Å². The van der Waals surface area contributed by atoms with Gasteiger partial charge in [-0.1, -0.05) is 24.3 Å². The molecule has 120 valence electrons. The maximum absolute atomic E-state index is 13.5. The van der Waals surface area contributed by atoms with E-state index >= 15 is 0 Å². The first-order valence-electron chi connectivity index (χ1n) is 7.22. The first-order chi connectivity index (χ1) is 10.9. The molecule has 0 aliphatic rings. The van der Waals surface area contributed by atoms with Crippen LogP contribution in [0.3, 0.4) is 0 Å². The predicted octanol–water partition coefficient (Wildman–Crippen LogP) is 3.63. The highest BCUT2D eigenvalue weighted by atomic mass is 19.1. The average Bonchev–Trinajstić information content (AvgIpc) is 2.52. The number of carbonyl (C=O) groups is 2. The molecule has 0 radical (unpaired) electrons. The minimum absolute atomic E-state index is 0.0483. The molecular formula is C18H18FNO3. The van der Waals surface area contributed by atoms with E-state index in [1.165, 1.54) is 25.1 Å². The molecule has 2 aromatic carbocycles. The molecule has 0 aliphatic carbocycles. The molecule has 0 heterocycles. The van der Waals surface area contributed by atoms with Crippen LogP contribution in [0, 0.1) is 19.7 Å². The van der Waals surface area contributed by atoms with Crippen LogP contribution in [-0.2, 0) is 9.53 Å². The van der Waals surface area contributed by atoms with Crippen molar-refractivity contribution in [3.05, 3.63) is 65.0 Å². The lowest BCUT2D eigenvalue weighted by Crippen LogP contribution is -2.30. The Morgan fingerprint density at radius 3 is 2.48 bits per heavy atom. The molecular weight excluding hydrogens is 297 g/mol. The third-order valence-electron chi connectivity index (χ3n) is 3.61. The Hall–Kier alpha value is -2.69. The smallest absolute Gasteiger partial charge is 0.339 e. The molecule has 0 aromatic heterocycles. The zero-order valence-corrected chi connectivity index (χ0v) is 13.2. The maximum Gasteiger partial charge on any atom is 0.339 e. The molecule has 2 aromatic rings. The van der Waals surface area contributed by atoms with E-state index in [0.29, 0.717) is 5.56 Å². The van der Waals surface area contributed by atoms with Gasteiger partial charge in [0.15, 0.2) is 6.10 Å².